The van der Waals surface area contributed by atoms with Gasteiger partial charge < -0.3 is 4.90 Å². The van der Waals surface area contributed by atoms with E-state index in [0.717, 1.165) is 62.4 Å². The number of carbonyl (C=O) groups is 1. The molecule has 2 aliphatic rings. The van der Waals surface area contributed by atoms with E-state index in [1.165, 1.54) is 17.7 Å². The number of fused-ring (bicyclic) bond motifs is 1. The van der Waals surface area contributed by atoms with E-state index < -0.39 is 0 Å². The zero-order valence-electron chi connectivity index (χ0n) is 16.6. The number of likely N-dealkylation sites (tertiary alicyclic amines) is 1. The molecular weight excluding hydrogens is 358 g/mol. The van der Waals surface area contributed by atoms with Crippen LogP contribution in [0.1, 0.15) is 58.1 Å². The van der Waals surface area contributed by atoms with Crippen molar-refractivity contribution in [2.45, 2.75) is 58.0 Å². The molecule has 2 aromatic rings. The Bertz CT molecular complexity index is 820. The number of hydrogen-bond acceptors (Lipinski definition) is 5. The van der Waals surface area contributed by atoms with Crippen LogP contribution in [0.25, 0.3) is 0 Å². The number of amides is 1. The molecule has 4 rings (SSSR count). The van der Waals surface area contributed by atoms with Crippen LogP contribution in [0.4, 0.5) is 0 Å². The zero-order valence-corrected chi connectivity index (χ0v) is 17.4. The topological polar surface area (TPSA) is 54.3 Å². The van der Waals surface area contributed by atoms with E-state index in [0.29, 0.717) is 11.7 Å². The lowest BCUT2D eigenvalue weighted by Crippen LogP contribution is -2.38. The lowest BCUT2D eigenvalue weighted by molar-refractivity contribution is 0.0715. The van der Waals surface area contributed by atoms with Crippen LogP contribution in [0.15, 0.2) is 5.38 Å². The van der Waals surface area contributed by atoms with Crippen LogP contribution in [0, 0.1) is 6.92 Å². The molecule has 1 aliphatic carbocycles. The van der Waals surface area contributed by atoms with E-state index in [4.69, 9.17) is 0 Å². The van der Waals surface area contributed by atoms with Crippen molar-refractivity contribution in [1.82, 2.24) is 24.6 Å². The molecule has 1 amide bonds. The third-order valence-electron chi connectivity index (χ3n) is 5.98. The minimum absolute atomic E-state index is 0.130. The highest BCUT2D eigenvalue weighted by atomic mass is 32.1. The number of aromatic nitrogens is 3. The average molecular weight is 388 g/mol. The molecule has 6 nitrogen and oxygen atoms in total. The first-order chi connectivity index (χ1) is 13.0. The van der Waals surface area contributed by atoms with Gasteiger partial charge in [-0.2, -0.15) is 5.10 Å². The quantitative estimate of drug-likeness (QED) is 0.810. The molecule has 1 saturated heterocycles. The number of rotatable bonds is 4. The summed E-state index contributed by atoms with van der Waals surface area (Å²) in [4.78, 5) is 22.1. The van der Waals surface area contributed by atoms with Crippen LogP contribution in [0.3, 0.4) is 0 Å². The van der Waals surface area contributed by atoms with Gasteiger partial charge in [0.25, 0.3) is 5.91 Å². The molecular formula is C20H29N5OS. The highest BCUT2D eigenvalue weighted by Crippen LogP contribution is 2.28. The predicted molar refractivity (Wildman–Crippen MR) is 107 cm³/mol. The van der Waals surface area contributed by atoms with Crippen LogP contribution in [-0.2, 0) is 26.4 Å². The van der Waals surface area contributed by atoms with Crippen LogP contribution < -0.4 is 0 Å². The van der Waals surface area contributed by atoms with Gasteiger partial charge in [0.05, 0.1) is 10.7 Å². The van der Waals surface area contributed by atoms with Crippen LogP contribution >= 0.6 is 11.3 Å². The van der Waals surface area contributed by atoms with Gasteiger partial charge in [0.1, 0.15) is 0 Å². The van der Waals surface area contributed by atoms with Crippen molar-refractivity contribution >= 4 is 17.2 Å². The summed E-state index contributed by atoms with van der Waals surface area (Å²) in [5, 5.41) is 7.91. The van der Waals surface area contributed by atoms with Gasteiger partial charge in [0.15, 0.2) is 5.69 Å². The summed E-state index contributed by atoms with van der Waals surface area (Å²) in [6.07, 6.45) is 6.43. The molecule has 27 heavy (non-hydrogen) atoms. The predicted octanol–water partition coefficient (Wildman–Crippen LogP) is 2.80. The molecule has 0 radical (unpaired) electrons. The van der Waals surface area contributed by atoms with Crippen LogP contribution in [0.2, 0.25) is 0 Å². The van der Waals surface area contributed by atoms with Gasteiger partial charge in [0.2, 0.25) is 0 Å². The number of aryl methyl sites for hydroxylation is 2. The summed E-state index contributed by atoms with van der Waals surface area (Å²) in [5.74, 6) is 0.130. The summed E-state index contributed by atoms with van der Waals surface area (Å²) < 4.78 is 1.94. The standard InChI is InChI=1S/C20H29N5OS/c1-14-21-15(13-27-14)12-23(2)16-7-8-18-17(11-16)19(22-24(18)3)20(26)25-9-5-4-6-10-25/h13,16H,4-12H2,1-3H3. The largest absolute Gasteiger partial charge is 0.337 e. The summed E-state index contributed by atoms with van der Waals surface area (Å²) in [6, 6.07) is 0.427. The Balaban J connectivity index is 1.51. The normalized spacial score (nSPS) is 20.1. The molecule has 0 bridgehead atoms. The number of hydrogen-bond donors (Lipinski definition) is 0. The number of piperidine rings is 1. The first-order valence-corrected chi connectivity index (χ1v) is 10.9. The van der Waals surface area contributed by atoms with Gasteiger partial charge in [0, 0.05) is 49.4 Å². The van der Waals surface area contributed by atoms with Crippen molar-refractivity contribution in [2.24, 2.45) is 7.05 Å². The maximum Gasteiger partial charge on any atom is 0.274 e. The van der Waals surface area contributed by atoms with Crippen LogP contribution in [-0.4, -0.2) is 56.7 Å². The third kappa shape index (κ3) is 3.80. The molecule has 1 aliphatic heterocycles. The maximum atomic E-state index is 13.1. The Hall–Kier alpha value is -1.73. The van der Waals surface area contributed by atoms with Crippen molar-refractivity contribution in [3.8, 4) is 0 Å². The fourth-order valence-corrected chi connectivity index (χ4v) is 5.04. The minimum atomic E-state index is 0.130. The molecule has 3 heterocycles. The molecule has 146 valence electrons. The van der Waals surface area contributed by atoms with Gasteiger partial charge in [-0.15, -0.1) is 11.3 Å². The minimum Gasteiger partial charge on any atom is -0.337 e. The van der Waals surface area contributed by atoms with E-state index in [2.05, 4.69) is 34.3 Å². The molecule has 0 aromatic carbocycles. The fraction of sp³-hybridized carbons (Fsp3) is 0.650. The second-order valence-corrected chi connectivity index (χ2v) is 8.98. The van der Waals surface area contributed by atoms with E-state index in [9.17, 15) is 4.79 Å². The van der Waals surface area contributed by atoms with Gasteiger partial charge in [-0.25, -0.2) is 4.98 Å². The highest BCUT2D eigenvalue weighted by molar-refractivity contribution is 7.09. The Morgan fingerprint density at radius 3 is 2.81 bits per heavy atom. The van der Waals surface area contributed by atoms with Crippen molar-refractivity contribution in [2.75, 3.05) is 20.1 Å². The van der Waals surface area contributed by atoms with Crippen molar-refractivity contribution in [3.63, 3.8) is 0 Å². The second-order valence-electron chi connectivity index (χ2n) is 7.92. The average Bonchev–Trinajstić information content (AvgIpc) is 3.24. The second kappa shape index (κ2) is 7.72. The molecule has 0 saturated carbocycles. The van der Waals surface area contributed by atoms with E-state index in [-0.39, 0.29) is 5.91 Å². The molecule has 7 heteroatoms. The Morgan fingerprint density at radius 2 is 2.11 bits per heavy atom. The smallest absolute Gasteiger partial charge is 0.274 e. The fourth-order valence-electron chi connectivity index (χ4n) is 4.43. The van der Waals surface area contributed by atoms with E-state index in [1.54, 1.807) is 11.3 Å². The summed E-state index contributed by atoms with van der Waals surface area (Å²) in [6.45, 7) is 4.66. The SMILES string of the molecule is Cc1nc(CN(C)C2CCc3c(c(C(=O)N4CCCCC4)nn3C)C2)cs1. The van der Waals surface area contributed by atoms with Crippen molar-refractivity contribution in [3.05, 3.63) is 33.0 Å². The monoisotopic (exact) mass is 387 g/mol. The Morgan fingerprint density at radius 1 is 1.33 bits per heavy atom. The first-order valence-electron chi connectivity index (χ1n) is 9.98. The molecule has 1 unspecified atom stereocenters. The third-order valence-corrected chi connectivity index (χ3v) is 6.80. The molecule has 2 aromatic heterocycles. The lowest BCUT2D eigenvalue weighted by Gasteiger charge is -2.31. The van der Waals surface area contributed by atoms with Gasteiger partial charge >= 0.3 is 0 Å². The maximum absolute atomic E-state index is 13.1. The first kappa shape index (κ1) is 18.6. The highest BCUT2D eigenvalue weighted by Gasteiger charge is 2.32. The summed E-state index contributed by atoms with van der Waals surface area (Å²) in [5.41, 5.74) is 4.24. The molecule has 1 fully saturated rings. The number of thiazole rings is 1. The molecule has 0 N–H and O–H groups in total. The Labute approximate surface area is 165 Å². The van der Waals surface area contributed by atoms with Gasteiger partial charge in [-0.05, 0) is 52.5 Å². The van der Waals surface area contributed by atoms with Crippen LogP contribution in [0.5, 0.6) is 0 Å². The Kier molecular flexibility index (Phi) is 5.32. The number of carbonyl (C=O) groups excluding carboxylic acids is 1. The summed E-state index contributed by atoms with van der Waals surface area (Å²) in [7, 11) is 4.15. The zero-order chi connectivity index (χ0) is 19.0. The number of nitrogens with zero attached hydrogens (tertiary/aromatic N) is 5. The van der Waals surface area contributed by atoms with E-state index >= 15 is 0 Å². The van der Waals surface area contributed by atoms with Gasteiger partial charge in [-0.1, -0.05) is 0 Å². The lowest BCUT2D eigenvalue weighted by atomic mass is 9.90. The van der Waals surface area contributed by atoms with Crippen molar-refractivity contribution < 1.29 is 4.79 Å². The van der Waals surface area contributed by atoms with E-state index in [1.807, 2.05) is 16.6 Å². The molecule has 0 spiro atoms. The number of likely N-dealkylation sites (N-methyl/N-ethyl adjacent to an activating group) is 1. The van der Waals surface area contributed by atoms with Crippen molar-refractivity contribution in [1.29, 1.82) is 0 Å². The van der Waals surface area contributed by atoms with Gasteiger partial charge in [-0.3, -0.25) is 14.4 Å². The molecule has 1 atom stereocenters. The summed E-state index contributed by atoms with van der Waals surface area (Å²) >= 11 is 1.71.